The zero-order valence-electron chi connectivity index (χ0n) is 13.7. The van der Waals surface area contributed by atoms with E-state index in [2.05, 4.69) is 21.3 Å². The van der Waals surface area contributed by atoms with Gasteiger partial charge < -0.3 is 26.4 Å². The van der Waals surface area contributed by atoms with E-state index in [-0.39, 0.29) is 17.5 Å². The number of carbonyl (C=O) groups excluding carboxylic acids is 2. The first-order valence-electron chi connectivity index (χ1n) is 7.99. The minimum Gasteiger partial charge on any atom is -0.506 e. The van der Waals surface area contributed by atoms with Crippen molar-refractivity contribution in [3.63, 3.8) is 0 Å². The van der Waals surface area contributed by atoms with Crippen LogP contribution in [0.4, 0.5) is 21.0 Å². The first kappa shape index (κ1) is 18.6. The summed E-state index contributed by atoms with van der Waals surface area (Å²) in [4.78, 5) is 23.4. The summed E-state index contributed by atoms with van der Waals surface area (Å²) in [5.74, 6) is -0.0624. The standard InChI is InChI=1S/C16H26N4O3/c1-3-5-9-17-15(22)19-12-7-8-14(21)13(11-12)20-16(23)18-10-6-4-2/h7-8,11,21H,3-6,9-10H2,1-2H3,(H2,17,19,22)(H2,18,20,23). The Hall–Kier alpha value is -2.44. The fourth-order valence-corrected chi connectivity index (χ4v) is 1.81. The number of rotatable bonds is 8. The summed E-state index contributed by atoms with van der Waals surface area (Å²) in [6, 6.07) is 3.78. The molecule has 1 aromatic rings. The van der Waals surface area contributed by atoms with Gasteiger partial charge in [0.2, 0.25) is 0 Å². The fourth-order valence-electron chi connectivity index (χ4n) is 1.81. The van der Waals surface area contributed by atoms with E-state index in [0.717, 1.165) is 25.7 Å². The number of unbranched alkanes of at least 4 members (excludes halogenated alkanes) is 2. The smallest absolute Gasteiger partial charge is 0.319 e. The molecular weight excluding hydrogens is 296 g/mol. The lowest BCUT2D eigenvalue weighted by molar-refractivity contribution is 0.251. The monoisotopic (exact) mass is 322 g/mol. The molecule has 0 unspecified atom stereocenters. The van der Waals surface area contributed by atoms with Crippen molar-refractivity contribution < 1.29 is 14.7 Å². The van der Waals surface area contributed by atoms with E-state index in [1.807, 2.05) is 13.8 Å². The number of benzene rings is 1. The maximum absolute atomic E-state index is 11.7. The second kappa shape index (κ2) is 10.3. The summed E-state index contributed by atoms with van der Waals surface area (Å²) >= 11 is 0. The largest absolute Gasteiger partial charge is 0.506 e. The van der Waals surface area contributed by atoms with Crippen molar-refractivity contribution in [2.24, 2.45) is 0 Å². The lowest BCUT2D eigenvalue weighted by atomic mass is 10.2. The van der Waals surface area contributed by atoms with Crippen molar-refractivity contribution >= 4 is 23.4 Å². The molecule has 4 amide bonds. The topological polar surface area (TPSA) is 102 Å². The summed E-state index contributed by atoms with van der Waals surface area (Å²) in [5.41, 5.74) is 0.728. The summed E-state index contributed by atoms with van der Waals surface area (Å²) in [6.07, 6.45) is 3.78. The van der Waals surface area contributed by atoms with E-state index >= 15 is 0 Å². The molecule has 0 aromatic heterocycles. The Morgan fingerprint density at radius 1 is 0.957 bits per heavy atom. The lowest BCUT2D eigenvalue weighted by Crippen LogP contribution is -2.30. The van der Waals surface area contributed by atoms with Crippen molar-refractivity contribution in [1.29, 1.82) is 0 Å². The summed E-state index contributed by atoms with van der Waals surface area (Å²) < 4.78 is 0. The summed E-state index contributed by atoms with van der Waals surface area (Å²) in [6.45, 7) is 5.25. The molecule has 1 aromatic carbocycles. The van der Waals surface area contributed by atoms with Crippen LogP contribution in [0.25, 0.3) is 0 Å². The molecule has 0 aliphatic heterocycles. The summed E-state index contributed by atoms with van der Waals surface area (Å²) in [5, 5.41) is 20.4. The third kappa shape index (κ3) is 7.39. The van der Waals surface area contributed by atoms with Gasteiger partial charge in [0.1, 0.15) is 5.75 Å². The molecule has 23 heavy (non-hydrogen) atoms. The van der Waals surface area contributed by atoms with Crippen LogP contribution >= 0.6 is 0 Å². The average Bonchev–Trinajstić information content (AvgIpc) is 2.51. The Kier molecular flexibility index (Phi) is 8.34. The van der Waals surface area contributed by atoms with E-state index in [4.69, 9.17) is 0 Å². The first-order valence-corrected chi connectivity index (χ1v) is 7.99. The van der Waals surface area contributed by atoms with Crippen LogP contribution in [0.5, 0.6) is 5.75 Å². The molecule has 7 heteroatoms. The molecule has 0 spiro atoms. The van der Waals surface area contributed by atoms with Gasteiger partial charge in [-0.15, -0.1) is 0 Å². The zero-order chi connectivity index (χ0) is 17.1. The predicted molar refractivity (Wildman–Crippen MR) is 92.0 cm³/mol. The first-order chi connectivity index (χ1) is 11.1. The second-order valence-corrected chi connectivity index (χ2v) is 5.20. The van der Waals surface area contributed by atoms with Crippen LogP contribution in [-0.4, -0.2) is 30.3 Å². The Bertz CT molecular complexity index is 520. The number of aromatic hydroxyl groups is 1. The highest BCUT2D eigenvalue weighted by Gasteiger charge is 2.08. The van der Waals surface area contributed by atoms with E-state index < -0.39 is 6.03 Å². The highest BCUT2D eigenvalue weighted by atomic mass is 16.3. The third-order valence-electron chi connectivity index (χ3n) is 3.13. The lowest BCUT2D eigenvalue weighted by Gasteiger charge is -2.12. The SMILES string of the molecule is CCCCNC(=O)Nc1ccc(O)c(NC(=O)NCCCC)c1. The molecule has 1 rings (SSSR count). The van der Waals surface area contributed by atoms with Crippen LogP contribution in [0, 0.1) is 0 Å². The number of phenolic OH excluding ortho intramolecular Hbond substituents is 1. The third-order valence-corrected chi connectivity index (χ3v) is 3.13. The Balaban J connectivity index is 2.57. The fraction of sp³-hybridized carbons (Fsp3) is 0.500. The van der Waals surface area contributed by atoms with Crippen molar-refractivity contribution in [3.05, 3.63) is 18.2 Å². The van der Waals surface area contributed by atoms with E-state index in [1.54, 1.807) is 6.07 Å². The molecule has 0 aliphatic carbocycles. The van der Waals surface area contributed by atoms with E-state index in [9.17, 15) is 14.7 Å². The van der Waals surface area contributed by atoms with Gasteiger partial charge in [0.25, 0.3) is 0 Å². The molecule has 0 bridgehead atoms. The number of hydrogen-bond donors (Lipinski definition) is 5. The number of phenols is 1. The summed E-state index contributed by atoms with van der Waals surface area (Å²) in [7, 11) is 0. The van der Waals surface area contributed by atoms with Gasteiger partial charge in [0, 0.05) is 18.8 Å². The van der Waals surface area contributed by atoms with Crippen LogP contribution in [0.2, 0.25) is 0 Å². The molecule has 0 heterocycles. The number of amides is 4. The maximum atomic E-state index is 11.7. The van der Waals surface area contributed by atoms with Gasteiger partial charge in [-0.05, 0) is 31.0 Å². The van der Waals surface area contributed by atoms with Crippen molar-refractivity contribution in [3.8, 4) is 5.75 Å². The van der Waals surface area contributed by atoms with Crippen LogP contribution in [0.15, 0.2) is 18.2 Å². The van der Waals surface area contributed by atoms with E-state index in [1.165, 1.54) is 12.1 Å². The maximum Gasteiger partial charge on any atom is 0.319 e. The molecule has 7 nitrogen and oxygen atoms in total. The number of carbonyl (C=O) groups is 2. The Labute approximate surface area is 136 Å². The molecule has 0 saturated carbocycles. The van der Waals surface area contributed by atoms with Crippen LogP contribution in [0.1, 0.15) is 39.5 Å². The quantitative estimate of drug-likeness (QED) is 0.288. The molecule has 0 aliphatic rings. The Morgan fingerprint density at radius 3 is 2.09 bits per heavy atom. The normalized spacial score (nSPS) is 10.0. The average molecular weight is 322 g/mol. The molecular formula is C16H26N4O3. The number of urea groups is 2. The number of hydrogen-bond acceptors (Lipinski definition) is 3. The van der Waals surface area contributed by atoms with Crippen LogP contribution in [0.3, 0.4) is 0 Å². The molecule has 5 N–H and O–H groups in total. The van der Waals surface area contributed by atoms with Crippen molar-refractivity contribution in [1.82, 2.24) is 10.6 Å². The van der Waals surface area contributed by atoms with Crippen LogP contribution in [-0.2, 0) is 0 Å². The molecule has 0 atom stereocenters. The minimum absolute atomic E-state index is 0.0624. The molecule has 128 valence electrons. The van der Waals surface area contributed by atoms with Gasteiger partial charge in [0.15, 0.2) is 0 Å². The van der Waals surface area contributed by atoms with E-state index in [0.29, 0.717) is 18.8 Å². The van der Waals surface area contributed by atoms with Gasteiger partial charge in [-0.1, -0.05) is 26.7 Å². The van der Waals surface area contributed by atoms with Crippen molar-refractivity contribution in [2.75, 3.05) is 23.7 Å². The van der Waals surface area contributed by atoms with Gasteiger partial charge >= 0.3 is 12.1 Å². The highest BCUT2D eigenvalue weighted by Crippen LogP contribution is 2.26. The Morgan fingerprint density at radius 2 is 1.52 bits per heavy atom. The molecule has 0 radical (unpaired) electrons. The van der Waals surface area contributed by atoms with Gasteiger partial charge in [-0.25, -0.2) is 9.59 Å². The number of nitrogens with one attached hydrogen (secondary N) is 4. The van der Waals surface area contributed by atoms with Gasteiger partial charge in [-0.2, -0.15) is 0 Å². The zero-order valence-corrected chi connectivity index (χ0v) is 13.7. The predicted octanol–water partition coefficient (Wildman–Crippen LogP) is 3.24. The molecule has 0 fully saturated rings. The van der Waals surface area contributed by atoms with Crippen LogP contribution < -0.4 is 21.3 Å². The highest BCUT2D eigenvalue weighted by molar-refractivity contribution is 5.94. The second-order valence-electron chi connectivity index (χ2n) is 5.20. The molecule has 0 saturated heterocycles. The van der Waals surface area contributed by atoms with Crippen molar-refractivity contribution in [2.45, 2.75) is 39.5 Å². The number of anilines is 2. The van der Waals surface area contributed by atoms with Gasteiger partial charge in [0.05, 0.1) is 5.69 Å². The minimum atomic E-state index is -0.390. The van der Waals surface area contributed by atoms with Gasteiger partial charge in [-0.3, -0.25) is 0 Å².